The summed E-state index contributed by atoms with van der Waals surface area (Å²) in [5.74, 6) is 2.19. The van der Waals surface area contributed by atoms with Crippen molar-refractivity contribution in [2.45, 2.75) is 64.0 Å². The van der Waals surface area contributed by atoms with Crippen molar-refractivity contribution in [2.24, 2.45) is 5.92 Å². The SMILES string of the molecule is CN(C)c1nc(NC2CCC(CN(Cc3ccccc3)C(=O)O)CC2)nc2c1CCCC2. The van der Waals surface area contributed by atoms with Crippen LogP contribution in [0.15, 0.2) is 30.3 Å². The van der Waals surface area contributed by atoms with Gasteiger partial charge in [-0.3, -0.25) is 0 Å². The van der Waals surface area contributed by atoms with Gasteiger partial charge in [-0.1, -0.05) is 30.3 Å². The number of carboxylic acid groups (broad SMARTS) is 1. The lowest BCUT2D eigenvalue weighted by Crippen LogP contribution is -2.37. The van der Waals surface area contributed by atoms with Crippen LogP contribution in [0.1, 0.15) is 55.3 Å². The lowest BCUT2D eigenvalue weighted by atomic mass is 9.85. The van der Waals surface area contributed by atoms with Gasteiger partial charge in [0.05, 0.1) is 5.69 Å². The summed E-state index contributed by atoms with van der Waals surface area (Å²) in [6.07, 6.45) is 7.74. The Kier molecular flexibility index (Phi) is 7.12. The van der Waals surface area contributed by atoms with E-state index in [2.05, 4.69) is 24.3 Å². The molecule has 2 aliphatic rings. The topological polar surface area (TPSA) is 81.6 Å². The molecule has 0 radical (unpaired) electrons. The summed E-state index contributed by atoms with van der Waals surface area (Å²) in [5.41, 5.74) is 3.54. The maximum Gasteiger partial charge on any atom is 0.407 e. The highest BCUT2D eigenvalue weighted by molar-refractivity contribution is 5.65. The van der Waals surface area contributed by atoms with Crippen LogP contribution in [0.2, 0.25) is 0 Å². The van der Waals surface area contributed by atoms with Crippen molar-refractivity contribution in [1.82, 2.24) is 14.9 Å². The minimum absolute atomic E-state index is 0.343. The quantitative estimate of drug-likeness (QED) is 0.660. The number of aryl methyl sites for hydroxylation is 1. The van der Waals surface area contributed by atoms with Gasteiger partial charge in [-0.15, -0.1) is 0 Å². The number of nitrogens with one attached hydrogen (secondary N) is 1. The predicted octanol–water partition coefficient (Wildman–Crippen LogP) is 4.57. The van der Waals surface area contributed by atoms with Gasteiger partial charge in [0.15, 0.2) is 0 Å². The molecule has 1 heterocycles. The number of amides is 1. The second-order valence-corrected chi connectivity index (χ2v) is 9.41. The van der Waals surface area contributed by atoms with E-state index in [1.54, 1.807) is 4.90 Å². The van der Waals surface area contributed by atoms with E-state index in [4.69, 9.17) is 9.97 Å². The van der Waals surface area contributed by atoms with Crippen LogP contribution >= 0.6 is 0 Å². The van der Waals surface area contributed by atoms with Gasteiger partial charge in [0.1, 0.15) is 5.82 Å². The smallest absolute Gasteiger partial charge is 0.407 e. The lowest BCUT2D eigenvalue weighted by molar-refractivity contribution is 0.127. The van der Waals surface area contributed by atoms with Gasteiger partial charge in [-0.25, -0.2) is 9.78 Å². The number of hydrogen-bond donors (Lipinski definition) is 2. The van der Waals surface area contributed by atoms with E-state index in [9.17, 15) is 9.90 Å². The fraction of sp³-hybridized carbons (Fsp3) is 0.560. The predicted molar refractivity (Wildman–Crippen MR) is 127 cm³/mol. The van der Waals surface area contributed by atoms with Gasteiger partial charge in [0.25, 0.3) is 0 Å². The van der Waals surface area contributed by atoms with Crippen LogP contribution in [0.25, 0.3) is 0 Å². The average molecular weight is 438 g/mol. The van der Waals surface area contributed by atoms with E-state index in [-0.39, 0.29) is 0 Å². The summed E-state index contributed by atoms with van der Waals surface area (Å²) >= 11 is 0. The maximum absolute atomic E-state index is 11.8. The molecule has 172 valence electrons. The first-order chi connectivity index (χ1) is 15.5. The van der Waals surface area contributed by atoms with E-state index in [1.807, 2.05) is 30.3 Å². The van der Waals surface area contributed by atoms with Crippen LogP contribution < -0.4 is 10.2 Å². The molecule has 2 N–H and O–H groups in total. The molecule has 1 aromatic carbocycles. The highest BCUT2D eigenvalue weighted by Crippen LogP contribution is 2.31. The molecule has 0 atom stereocenters. The van der Waals surface area contributed by atoms with Gasteiger partial charge >= 0.3 is 6.09 Å². The van der Waals surface area contributed by atoms with Crippen molar-refractivity contribution >= 4 is 17.9 Å². The Labute approximate surface area is 190 Å². The number of carbonyl (C=O) groups is 1. The molecule has 0 spiro atoms. The number of hydrogen-bond acceptors (Lipinski definition) is 5. The standard InChI is InChI=1S/C25H35N5O2/c1-29(2)23-21-10-6-7-11-22(21)27-24(28-23)26-20-14-12-19(13-15-20)17-30(25(31)32)16-18-8-4-3-5-9-18/h3-5,8-9,19-20H,6-7,10-17H2,1-2H3,(H,31,32)(H,26,27,28). The molecule has 0 unspecified atom stereocenters. The lowest BCUT2D eigenvalue weighted by Gasteiger charge is -2.32. The monoisotopic (exact) mass is 437 g/mol. The van der Waals surface area contributed by atoms with E-state index in [1.165, 1.54) is 24.1 Å². The number of fused-ring (bicyclic) bond motifs is 1. The van der Waals surface area contributed by atoms with Crippen LogP contribution in [0.4, 0.5) is 16.6 Å². The molecule has 1 amide bonds. The summed E-state index contributed by atoms with van der Waals surface area (Å²) in [6.45, 7) is 1.04. The van der Waals surface area contributed by atoms with Crippen LogP contribution in [0.5, 0.6) is 0 Å². The van der Waals surface area contributed by atoms with Gasteiger partial charge in [0.2, 0.25) is 5.95 Å². The molecule has 4 rings (SSSR count). The molecule has 0 bridgehead atoms. The molecule has 0 aliphatic heterocycles. The summed E-state index contributed by atoms with van der Waals surface area (Å²) in [4.78, 5) is 25.1. The third-order valence-corrected chi connectivity index (χ3v) is 6.73. The summed E-state index contributed by atoms with van der Waals surface area (Å²) in [7, 11) is 4.10. The number of anilines is 2. The first kappa shape index (κ1) is 22.4. The van der Waals surface area contributed by atoms with E-state index < -0.39 is 6.09 Å². The zero-order chi connectivity index (χ0) is 22.5. The van der Waals surface area contributed by atoms with E-state index in [0.29, 0.717) is 25.0 Å². The maximum atomic E-state index is 11.8. The zero-order valence-corrected chi connectivity index (χ0v) is 19.3. The first-order valence-electron chi connectivity index (χ1n) is 11.8. The summed E-state index contributed by atoms with van der Waals surface area (Å²) in [5, 5.41) is 13.3. The highest BCUT2D eigenvalue weighted by atomic mass is 16.4. The van der Waals surface area contributed by atoms with Gasteiger partial charge in [-0.05, 0) is 62.8 Å². The molecule has 32 heavy (non-hydrogen) atoms. The van der Waals surface area contributed by atoms with E-state index in [0.717, 1.165) is 55.9 Å². The molecule has 1 saturated carbocycles. The Morgan fingerprint density at radius 1 is 1.06 bits per heavy atom. The minimum Gasteiger partial charge on any atom is -0.465 e. The Balaban J connectivity index is 1.34. The molecule has 2 aromatic rings. The van der Waals surface area contributed by atoms with Crippen molar-refractivity contribution in [3.8, 4) is 0 Å². The molecule has 7 nitrogen and oxygen atoms in total. The second-order valence-electron chi connectivity index (χ2n) is 9.41. The second kappa shape index (κ2) is 10.2. The van der Waals surface area contributed by atoms with Crippen molar-refractivity contribution in [1.29, 1.82) is 0 Å². The highest BCUT2D eigenvalue weighted by Gasteiger charge is 2.26. The number of nitrogens with zero attached hydrogens (tertiary/aromatic N) is 4. The zero-order valence-electron chi connectivity index (χ0n) is 19.3. The fourth-order valence-corrected chi connectivity index (χ4v) is 5.01. The average Bonchev–Trinajstić information content (AvgIpc) is 2.80. The number of aromatic nitrogens is 2. The molecule has 2 aliphatic carbocycles. The normalized spacial score (nSPS) is 20.3. The van der Waals surface area contributed by atoms with Gasteiger partial charge in [-0.2, -0.15) is 4.98 Å². The van der Waals surface area contributed by atoms with Crippen molar-refractivity contribution in [2.75, 3.05) is 30.9 Å². The Bertz CT molecular complexity index is 910. The summed E-state index contributed by atoms with van der Waals surface area (Å²) < 4.78 is 0. The molecule has 1 aromatic heterocycles. The van der Waals surface area contributed by atoms with Crippen LogP contribution in [-0.2, 0) is 19.4 Å². The molecular formula is C25H35N5O2. The minimum atomic E-state index is -0.840. The third-order valence-electron chi connectivity index (χ3n) is 6.73. The Morgan fingerprint density at radius 3 is 2.47 bits per heavy atom. The van der Waals surface area contributed by atoms with Crippen molar-refractivity contribution in [3.05, 3.63) is 47.2 Å². The number of benzene rings is 1. The van der Waals surface area contributed by atoms with Crippen LogP contribution in [-0.4, -0.2) is 52.7 Å². The molecule has 1 fully saturated rings. The fourth-order valence-electron chi connectivity index (χ4n) is 5.01. The Morgan fingerprint density at radius 2 is 1.78 bits per heavy atom. The Hall–Kier alpha value is -2.83. The van der Waals surface area contributed by atoms with E-state index >= 15 is 0 Å². The number of rotatable bonds is 7. The van der Waals surface area contributed by atoms with Crippen LogP contribution in [0.3, 0.4) is 0 Å². The molecular weight excluding hydrogens is 402 g/mol. The molecule has 0 saturated heterocycles. The van der Waals surface area contributed by atoms with Crippen LogP contribution in [0, 0.1) is 5.92 Å². The van der Waals surface area contributed by atoms with Gasteiger partial charge in [0, 0.05) is 38.8 Å². The van der Waals surface area contributed by atoms with Gasteiger partial charge < -0.3 is 20.2 Å². The van der Waals surface area contributed by atoms with Crippen molar-refractivity contribution in [3.63, 3.8) is 0 Å². The third kappa shape index (κ3) is 5.50. The summed E-state index contributed by atoms with van der Waals surface area (Å²) in [6, 6.07) is 10.2. The first-order valence-corrected chi connectivity index (χ1v) is 11.8. The molecule has 7 heteroatoms. The largest absolute Gasteiger partial charge is 0.465 e. The van der Waals surface area contributed by atoms with Crippen molar-refractivity contribution < 1.29 is 9.90 Å².